The highest BCUT2D eigenvalue weighted by molar-refractivity contribution is 8.00. The number of phenolic OH excluding ortho intramolecular Hbond substituents is 1. The van der Waals surface area contributed by atoms with Crippen LogP contribution in [0, 0.1) is 13.8 Å². The number of benzene rings is 1. The molecule has 0 bridgehead atoms. The summed E-state index contributed by atoms with van der Waals surface area (Å²) in [6.45, 7) is 3.23. The molecule has 1 nitrogen and oxygen atoms in total. The fourth-order valence-electron chi connectivity index (χ4n) is 1.06. The highest BCUT2D eigenvalue weighted by atomic mass is 32.2. The lowest BCUT2D eigenvalue weighted by atomic mass is 10.1. The minimum Gasteiger partial charge on any atom is -0.508 e. The SMILES string of the molecule is Cc1cc(C)c(SC(F)(F)F)cc1O. The smallest absolute Gasteiger partial charge is 0.446 e. The highest BCUT2D eigenvalue weighted by Gasteiger charge is 2.30. The van der Waals surface area contributed by atoms with E-state index in [0.29, 0.717) is 11.1 Å². The normalized spacial score (nSPS) is 11.8. The molecule has 0 aliphatic carbocycles. The molecule has 0 spiro atoms. The average molecular weight is 222 g/mol. The zero-order chi connectivity index (χ0) is 10.9. The summed E-state index contributed by atoms with van der Waals surface area (Å²) < 4.78 is 36.1. The number of aryl methyl sites for hydroxylation is 2. The van der Waals surface area contributed by atoms with Crippen molar-refractivity contribution in [1.29, 1.82) is 0 Å². The third-order valence-corrected chi connectivity index (χ3v) is 2.61. The van der Waals surface area contributed by atoms with Gasteiger partial charge in [-0.3, -0.25) is 0 Å². The van der Waals surface area contributed by atoms with Crippen molar-refractivity contribution in [3.63, 3.8) is 0 Å². The predicted octanol–water partition coefficient (Wildman–Crippen LogP) is 3.62. The molecular weight excluding hydrogens is 213 g/mol. The first kappa shape index (κ1) is 11.2. The van der Waals surface area contributed by atoms with Crippen molar-refractivity contribution in [2.45, 2.75) is 24.3 Å². The molecule has 0 heterocycles. The molecule has 0 aliphatic heterocycles. The van der Waals surface area contributed by atoms with Crippen LogP contribution in [0.15, 0.2) is 17.0 Å². The topological polar surface area (TPSA) is 20.2 Å². The van der Waals surface area contributed by atoms with Gasteiger partial charge in [0.1, 0.15) is 5.75 Å². The Bertz CT molecular complexity index is 347. The number of hydrogen-bond acceptors (Lipinski definition) is 2. The maximum atomic E-state index is 12.0. The zero-order valence-corrected chi connectivity index (χ0v) is 8.46. The fraction of sp³-hybridized carbons (Fsp3) is 0.333. The summed E-state index contributed by atoms with van der Waals surface area (Å²) >= 11 is -0.210. The van der Waals surface area contributed by atoms with Crippen LogP contribution in [-0.4, -0.2) is 10.6 Å². The molecule has 0 saturated carbocycles. The quantitative estimate of drug-likeness (QED) is 0.732. The minimum atomic E-state index is -4.31. The largest absolute Gasteiger partial charge is 0.508 e. The van der Waals surface area contributed by atoms with E-state index in [2.05, 4.69) is 0 Å². The summed E-state index contributed by atoms with van der Waals surface area (Å²) in [6.07, 6.45) is 0. The molecule has 0 aromatic heterocycles. The van der Waals surface area contributed by atoms with Crippen LogP contribution in [-0.2, 0) is 0 Å². The Morgan fingerprint density at radius 3 is 2.21 bits per heavy atom. The number of phenols is 1. The van der Waals surface area contributed by atoms with Gasteiger partial charge in [-0.25, -0.2) is 0 Å². The summed E-state index contributed by atoms with van der Waals surface area (Å²) in [6, 6.07) is 2.67. The van der Waals surface area contributed by atoms with Gasteiger partial charge in [0, 0.05) is 4.90 Å². The maximum Gasteiger partial charge on any atom is 0.446 e. The van der Waals surface area contributed by atoms with Crippen LogP contribution in [0.1, 0.15) is 11.1 Å². The molecule has 1 aromatic rings. The summed E-state index contributed by atoms with van der Waals surface area (Å²) in [7, 11) is 0. The zero-order valence-electron chi connectivity index (χ0n) is 7.64. The van der Waals surface area contributed by atoms with Gasteiger partial charge in [0.2, 0.25) is 0 Å². The van der Waals surface area contributed by atoms with Gasteiger partial charge in [0.05, 0.1) is 0 Å². The number of aromatic hydroxyl groups is 1. The number of alkyl halides is 3. The van der Waals surface area contributed by atoms with Crippen molar-refractivity contribution in [1.82, 2.24) is 0 Å². The van der Waals surface area contributed by atoms with Gasteiger partial charge in [0.25, 0.3) is 0 Å². The van der Waals surface area contributed by atoms with Crippen molar-refractivity contribution >= 4 is 11.8 Å². The standard InChI is InChI=1S/C9H9F3OS/c1-5-3-6(2)8(4-7(5)13)14-9(10,11)12/h3-4,13H,1-2H3. The lowest BCUT2D eigenvalue weighted by molar-refractivity contribution is -0.0328. The summed E-state index contributed by atoms with van der Waals surface area (Å²) in [5.41, 5.74) is -3.22. The molecule has 14 heavy (non-hydrogen) atoms. The van der Waals surface area contributed by atoms with E-state index in [-0.39, 0.29) is 22.4 Å². The van der Waals surface area contributed by atoms with Crippen molar-refractivity contribution < 1.29 is 18.3 Å². The molecule has 0 radical (unpaired) electrons. The van der Waals surface area contributed by atoms with Crippen molar-refractivity contribution in [2.24, 2.45) is 0 Å². The van der Waals surface area contributed by atoms with E-state index in [1.165, 1.54) is 6.07 Å². The van der Waals surface area contributed by atoms with E-state index in [9.17, 15) is 18.3 Å². The van der Waals surface area contributed by atoms with E-state index >= 15 is 0 Å². The molecule has 0 aliphatic rings. The van der Waals surface area contributed by atoms with E-state index in [1.807, 2.05) is 0 Å². The fourth-order valence-corrected chi connectivity index (χ4v) is 1.70. The van der Waals surface area contributed by atoms with Gasteiger partial charge in [-0.1, -0.05) is 6.07 Å². The van der Waals surface area contributed by atoms with Crippen LogP contribution in [0.2, 0.25) is 0 Å². The van der Waals surface area contributed by atoms with Crippen LogP contribution in [0.25, 0.3) is 0 Å². The van der Waals surface area contributed by atoms with Gasteiger partial charge in [-0.05, 0) is 42.8 Å². The molecular formula is C9H9F3OS. The van der Waals surface area contributed by atoms with Crippen LogP contribution in [0.4, 0.5) is 13.2 Å². The number of hydrogen-bond donors (Lipinski definition) is 1. The van der Waals surface area contributed by atoms with E-state index in [1.54, 1.807) is 13.8 Å². The summed E-state index contributed by atoms with van der Waals surface area (Å²) in [4.78, 5) is 0.0422. The molecule has 0 amide bonds. The van der Waals surface area contributed by atoms with E-state index in [0.717, 1.165) is 6.07 Å². The minimum absolute atomic E-state index is 0.0422. The molecule has 0 fully saturated rings. The van der Waals surface area contributed by atoms with Gasteiger partial charge in [-0.15, -0.1) is 0 Å². The van der Waals surface area contributed by atoms with Crippen LogP contribution in [0.3, 0.4) is 0 Å². The first-order valence-electron chi connectivity index (χ1n) is 3.85. The van der Waals surface area contributed by atoms with Gasteiger partial charge in [-0.2, -0.15) is 13.2 Å². The van der Waals surface area contributed by atoms with E-state index in [4.69, 9.17) is 0 Å². The molecule has 0 unspecified atom stereocenters. The second-order valence-corrected chi connectivity index (χ2v) is 4.06. The molecule has 0 saturated heterocycles. The monoisotopic (exact) mass is 222 g/mol. The number of halogens is 3. The third kappa shape index (κ3) is 2.83. The van der Waals surface area contributed by atoms with Gasteiger partial charge in [0.15, 0.2) is 0 Å². The molecule has 5 heteroatoms. The molecule has 1 N–H and O–H groups in total. The second kappa shape index (κ2) is 3.73. The number of rotatable bonds is 1. The first-order chi connectivity index (χ1) is 6.29. The Hall–Kier alpha value is -0.840. The predicted molar refractivity (Wildman–Crippen MR) is 49.5 cm³/mol. The molecule has 1 aromatic carbocycles. The lowest BCUT2D eigenvalue weighted by Gasteiger charge is -2.10. The Morgan fingerprint density at radius 1 is 1.14 bits per heavy atom. The van der Waals surface area contributed by atoms with Crippen LogP contribution < -0.4 is 0 Å². The van der Waals surface area contributed by atoms with Gasteiger partial charge < -0.3 is 5.11 Å². The maximum absolute atomic E-state index is 12.0. The Balaban J connectivity index is 3.04. The molecule has 78 valence electrons. The summed E-state index contributed by atoms with van der Waals surface area (Å²) in [5.74, 6) is -0.109. The Kier molecular flexibility index (Phi) is 2.99. The van der Waals surface area contributed by atoms with Crippen molar-refractivity contribution in [3.8, 4) is 5.75 Å². The second-order valence-electron chi connectivity index (χ2n) is 2.95. The Morgan fingerprint density at radius 2 is 1.71 bits per heavy atom. The average Bonchev–Trinajstić information content (AvgIpc) is 1.97. The van der Waals surface area contributed by atoms with Crippen molar-refractivity contribution in [3.05, 3.63) is 23.3 Å². The van der Waals surface area contributed by atoms with Gasteiger partial charge >= 0.3 is 5.51 Å². The lowest BCUT2D eigenvalue weighted by Crippen LogP contribution is -2.00. The molecule has 1 rings (SSSR count). The summed E-state index contributed by atoms with van der Waals surface area (Å²) in [5, 5.41) is 9.24. The number of thioether (sulfide) groups is 1. The molecule has 0 atom stereocenters. The van der Waals surface area contributed by atoms with Crippen LogP contribution >= 0.6 is 11.8 Å². The third-order valence-electron chi connectivity index (χ3n) is 1.72. The Labute approximate surface area is 83.9 Å². The van der Waals surface area contributed by atoms with Crippen molar-refractivity contribution in [2.75, 3.05) is 0 Å². The van der Waals surface area contributed by atoms with Crippen LogP contribution in [0.5, 0.6) is 5.75 Å². The first-order valence-corrected chi connectivity index (χ1v) is 4.67. The highest BCUT2D eigenvalue weighted by Crippen LogP contribution is 2.40. The van der Waals surface area contributed by atoms with E-state index < -0.39 is 5.51 Å².